The summed E-state index contributed by atoms with van der Waals surface area (Å²) in [6.45, 7) is 0.330. The molecule has 2 aliphatic rings. The summed E-state index contributed by atoms with van der Waals surface area (Å²) in [4.78, 5) is 25.2. The van der Waals surface area contributed by atoms with Crippen LogP contribution in [-0.4, -0.2) is 44.0 Å². The number of hydrogen-bond acceptors (Lipinski definition) is 4. The predicted molar refractivity (Wildman–Crippen MR) is 76.3 cm³/mol. The maximum Gasteiger partial charge on any atom is 0.261 e. The molecule has 2 amide bonds. The molecule has 1 aromatic rings. The van der Waals surface area contributed by atoms with Crippen molar-refractivity contribution in [3.63, 3.8) is 0 Å². The summed E-state index contributed by atoms with van der Waals surface area (Å²) in [5.41, 5.74) is 0.677. The smallest absolute Gasteiger partial charge is 0.261 e. The number of benzene rings is 1. The van der Waals surface area contributed by atoms with Crippen molar-refractivity contribution in [3.8, 4) is 0 Å². The number of hydrogen-bond donors (Lipinski definition) is 1. The molecular weight excluding hydrogens is 292 g/mol. The number of nitrogens with zero attached hydrogens (tertiary/aromatic N) is 1. The van der Waals surface area contributed by atoms with Gasteiger partial charge in [0, 0.05) is 13.1 Å². The van der Waals surface area contributed by atoms with Gasteiger partial charge < -0.3 is 0 Å². The molecule has 0 spiro atoms. The lowest BCUT2D eigenvalue weighted by Gasteiger charge is -2.14. The Balaban J connectivity index is 1.63. The molecule has 1 N–H and O–H groups in total. The van der Waals surface area contributed by atoms with E-state index in [9.17, 15) is 18.0 Å². The zero-order valence-electron chi connectivity index (χ0n) is 11.4. The minimum absolute atomic E-state index is 0.119. The van der Waals surface area contributed by atoms with Crippen LogP contribution in [0.1, 0.15) is 33.6 Å². The fraction of sp³-hybridized carbons (Fsp3) is 0.429. The summed E-state index contributed by atoms with van der Waals surface area (Å²) < 4.78 is 26.2. The van der Waals surface area contributed by atoms with Crippen LogP contribution in [0.5, 0.6) is 0 Å². The number of carbonyl (C=O) groups excluding carboxylic acids is 2. The topological polar surface area (TPSA) is 83.6 Å². The molecule has 1 fully saturated rings. The fourth-order valence-electron chi connectivity index (χ4n) is 2.29. The van der Waals surface area contributed by atoms with Crippen LogP contribution in [0.2, 0.25) is 0 Å². The average molecular weight is 308 g/mol. The quantitative estimate of drug-likeness (QED) is 0.781. The Morgan fingerprint density at radius 1 is 1.10 bits per heavy atom. The highest BCUT2D eigenvalue weighted by Crippen LogP contribution is 2.27. The zero-order valence-corrected chi connectivity index (χ0v) is 12.2. The Morgan fingerprint density at radius 3 is 2.19 bits per heavy atom. The molecule has 0 aromatic heterocycles. The van der Waals surface area contributed by atoms with Crippen LogP contribution in [0, 0.1) is 5.92 Å². The summed E-state index contributed by atoms with van der Waals surface area (Å²) in [6, 6.07) is 6.52. The minimum atomic E-state index is -3.45. The number of nitrogens with one attached hydrogen (secondary N) is 1. The fourth-order valence-corrected chi connectivity index (χ4v) is 3.35. The van der Waals surface area contributed by atoms with Crippen molar-refractivity contribution in [3.05, 3.63) is 35.4 Å². The van der Waals surface area contributed by atoms with Gasteiger partial charge in [-0.15, -0.1) is 0 Å². The van der Waals surface area contributed by atoms with Gasteiger partial charge in [0.05, 0.1) is 16.9 Å². The standard InChI is InChI=1S/C14H16N2O4S/c17-13-11-3-1-2-4-12(11)14(18)16(13)7-8-21(19,20)15-9-10-5-6-10/h1-4,10,15H,5-9H2. The lowest BCUT2D eigenvalue weighted by molar-refractivity contribution is 0.0664. The summed E-state index contributed by atoms with van der Waals surface area (Å²) in [6.07, 6.45) is 2.11. The molecule has 1 saturated carbocycles. The summed E-state index contributed by atoms with van der Waals surface area (Å²) >= 11 is 0. The largest absolute Gasteiger partial charge is 0.273 e. The van der Waals surface area contributed by atoms with E-state index >= 15 is 0 Å². The number of fused-ring (bicyclic) bond motifs is 1. The van der Waals surface area contributed by atoms with Gasteiger partial charge >= 0.3 is 0 Å². The molecule has 1 aliphatic heterocycles. The van der Waals surface area contributed by atoms with Crippen molar-refractivity contribution < 1.29 is 18.0 Å². The first-order valence-electron chi connectivity index (χ1n) is 6.90. The van der Waals surface area contributed by atoms with Crippen molar-refractivity contribution in [2.75, 3.05) is 18.8 Å². The first-order chi connectivity index (χ1) is 9.98. The Labute approximate surface area is 123 Å². The maximum atomic E-state index is 12.1. The van der Waals surface area contributed by atoms with Crippen LogP contribution < -0.4 is 4.72 Å². The van der Waals surface area contributed by atoms with Gasteiger partial charge in [-0.25, -0.2) is 13.1 Å². The number of amides is 2. The molecule has 21 heavy (non-hydrogen) atoms. The minimum Gasteiger partial charge on any atom is -0.273 e. The van der Waals surface area contributed by atoms with Gasteiger partial charge in [-0.2, -0.15) is 0 Å². The molecule has 1 aromatic carbocycles. The predicted octanol–water partition coefficient (Wildman–Crippen LogP) is 0.612. The average Bonchev–Trinajstić information content (AvgIpc) is 3.25. The number of carbonyl (C=O) groups is 2. The third-order valence-corrected chi connectivity index (χ3v) is 5.08. The Morgan fingerprint density at radius 2 is 1.67 bits per heavy atom. The van der Waals surface area contributed by atoms with Crippen LogP contribution in [0.15, 0.2) is 24.3 Å². The summed E-state index contributed by atoms with van der Waals surface area (Å²) in [5, 5.41) is 0. The van der Waals surface area contributed by atoms with Crippen LogP contribution in [-0.2, 0) is 10.0 Å². The van der Waals surface area contributed by atoms with Crippen LogP contribution in [0.4, 0.5) is 0 Å². The molecule has 0 bridgehead atoms. The van der Waals surface area contributed by atoms with Gasteiger partial charge in [0.25, 0.3) is 11.8 Å². The van der Waals surface area contributed by atoms with Crippen molar-refractivity contribution >= 4 is 21.8 Å². The van der Waals surface area contributed by atoms with Gasteiger partial charge in [0.15, 0.2) is 0 Å². The SMILES string of the molecule is O=C1c2ccccc2C(=O)N1CCS(=O)(=O)NCC1CC1. The number of rotatable bonds is 6. The third kappa shape index (κ3) is 2.98. The second kappa shape index (κ2) is 5.23. The molecule has 0 saturated heterocycles. The van der Waals surface area contributed by atoms with E-state index in [0.29, 0.717) is 23.6 Å². The molecule has 7 heteroatoms. The van der Waals surface area contributed by atoms with E-state index in [4.69, 9.17) is 0 Å². The molecule has 6 nitrogen and oxygen atoms in total. The lowest BCUT2D eigenvalue weighted by atomic mass is 10.1. The highest BCUT2D eigenvalue weighted by atomic mass is 32.2. The molecule has 0 unspecified atom stereocenters. The van der Waals surface area contributed by atoms with E-state index in [1.165, 1.54) is 0 Å². The Kier molecular flexibility index (Phi) is 3.54. The van der Waals surface area contributed by atoms with Crippen LogP contribution in [0.25, 0.3) is 0 Å². The van der Waals surface area contributed by atoms with Crippen molar-refractivity contribution in [1.29, 1.82) is 0 Å². The van der Waals surface area contributed by atoms with Gasteiger partial charge in [0.2, 0.25) is 10.0 Å². The van der Waals surface area contributed by atoms with Crippen LogP contribution in [0.3, 0.4) is 0 Å². The van der Waals surface area contributed by atoms with E-state index in [0.717, 1.165) is 17.7 Å². The van der Waals surface area contributed by atoms with Crippen LogP contribution >= 0.6 is 0 Å². The zero-order chi connectivity index (χ0) is 15.0. The van der Waals surface area contributed by atoms with Crippen molar-refractivity contribution in [1.82, 2.24) is 9.62 Å². The second-order valence-electron chi connectivity index (χ2n) is 5.42. The van der Waals surface area contributed by atoms with Crippen molar-refractivity contribution in [2.24, 2.45) is 5.92 Å². The maximum absolute atomic E-state index is 12.1. The molecular formula is C14H16N2O4S. The molecule has 3 rings (SSSR count). The summed E-state index contributed by atoms with van der Waals surface area (Å²) in [5.74, 6) is -0.661. The summed E-state index contributed by atoms with van der Waals surface area (Å²) in [7, 11) is -3.45. The lowest BCUT2D eigenvalue weighted by Crippen LogP contribution is -2.38. The van der Waals surface area contributed by atoms with Gasteiger partial charge in [0.1, 0.15) is 0 Å². The van der Waals surface area contributed by atoms with E-state index in [2.05, 4.69) is 4.72 Å². The number of imide groups is 1. The highest BCUT2D eigenvalue weighted by Gasteiger charge is 2.35. The Bertz CT molecular complexity index is 660. The van der Waals surface area contributed by atoms with E-state index in [1.54, 1.807) is 24.3 Å². The van der Waals surface area contributed by atoms with Crippen molar-refractivity contribution in [2.45, 2.75) is 12.8 Å². The highest BCUT2D eigenvalue weighted by molar-refractivity contribution is 7.89. The number of sulfonamides is 1. The van der Waals surface area contributed by atoms with Gasteiger partial charge in [-0.05, 0) is 30.9 Å². The van der Waals surface area contributed by atoms with E-state index < -0.39 is 21.8 Å². The van der Waals surface area contributed by atoms with Gasteiger partial charge in [-0.1, -0.05) is 12.1 Å². The molecule has 0 radical (unpaired) electrons. The molecule has 112 valence electrons. The first-order valence-corrected chi connectivity index (χ1v) is 8.56. The molecule has 1 heterocycles. The molecule has 0 atom stereocenters. The first kappa shape index (κ1) is 14.2. The van der Waals surface area contributed by atoms with E-state index in [1.807, 2.05) is 0 Å². The normalized spacial score (nSPS) is 18.2. The monoisotopic (exact) mass is 308 g/mol. The Hall–Kier alpha value is -1.73. The second-order valence-corrected chi connectivity index (χ2v) is 7.34. The van der Waals surface area contributed by atoms with E-state index in [-0.39, 0.29) is 12.3 Å². The molecule has 1 aliphatic carbocycles. The third-order valence-electron chi connectivity index (χ3n) is 3.75. The van der Waals surface area contributed by atoms with Gasteiger partial charge in [-0.3, -0.25) is 14.5 Å².